The first kappa shape index (κ1) is 28.4. The molecule has 0 radical (unpaired) electrons. The first-order chi connectivity index (χ1) is 18.9. The van der Waals surface area contributed by atoms with Crippen molar-refractivity contribution in [2.45, 2.75) is 51.5 Å². The Morgan fingerprint density at radius 3 is 2.36 bits per heavy atom. The van der Waals surface area contributed by atoms with E-state index >= 15 is 0 Å². The summed E-state index contributed by atoms with van der Waals surface area (Å²) in [5, 5.41) is 3.09. The SMILES string of the molecule is CCCN(CCCCNC(=O)c1ccc(-c2ccccc2)cc1)[C@@H]1CCc2cc(OC(=O)N(C)C)ccc2C1. The Morgan fingerprint density at radius 1 is 0.897 bits per heavy atom. The van der Waals surface area contributed by atoms with E-state index in [0.717, 1.165) is 62.7 Å². The summed E-state index contributed by atoms with van der Waals surface area (Å²) in [5.74, 6) is 0.602. The molecule has 4 rings (SSSR count). The van der Waals surface area contributed by atoms with E-state index in [1.54, 1.807) is 14.1 Å². The van der Waals surface area contributed by atoms with Gasteiger partial charge in [-0.15, -0.1) is 0 Å². The van der Waals surface area contributed by atoms with E-state index < -0.39 is 0 Å². The lowest BCUT2D eigenvalue weighted by Gasteiger charge is -2.35. The summed E-state index contributed by atoms with van der Waals surface area (Å²) in [6, 6.07) is 24.6. The smallest absolute Gasteiger partial charge is 0.410 e. The van der Waals surface area contributed by atoms with Gasteiger partial charge in [-0.2, -0.15) is 0 Å². The minimum Gasteiger partial charge on any atom is -0.410 e. The van der Waals surface area contributed by atoms with Crippen molar-refractivity contribution in [2.24, 2.45) is 0 Å². The fraction of sp³-hybridized carbons (Fsp3) is 0.394. The highest BCUT2D eigenvalue weighted by atomic mass is 16.6. The van der Waals surface area contributed by atoms with Gasteiger partial charge in [0.25, 0.3) is 5.91 Å². The maximum Gasteiger partial charge on any atom is 0.414 e. The minimum atomic E-state index is -0.352. The number of benzene rings is 3. The molecule has 1 aliphatic rings. The number of amides is 2. The van der Waals surface area contributed by atoms with Crippen LogP contribution in [0.1, 0.15) is 54.1 Å². The van der Waals surface area contributed by atoms with Crippen LogP contribution in [0.15, 0.2) is 72.8 Å². The van der Waals surface area contributed by atoms with E-state index in [1.165, 1.54) is 16.0 Å². The molecular formula is C33H41N3O3. The molecule has 1 atom stereocenters. The van der Waals surface area contributed by atoms with Crippen LogP contribution in [0.2, 0.25) is 0 Å². The number of carbonyl (C=O) groups is 2. The molecule has 3 aromatic carbocycles. The molecule has 6 heteroatoms. The van der Waals surface area contributed by atoms with Gasteiger partial charge in [-0.1, -0.05) is 55.5 Å². The molecular weight excluding hydrogens is 486 g/mol. The van der Waals surface area contributed by atoms with Crippen LogP contribution < -0.4 is 10.1 Å². The quantitative estimate of drug-likeness (QED) is 0.302. The first-order valence-electron chi connectivity index (χ1n) is 14.1. The Kier molecular flexibility index (Phi) is 10.1. The second-order valence-corrected chi connectivity index (χ2v) is 10.5. The number of hydrogen-bond donors (Lipinski definition) is 1. The number of aryl methyl sites for hydroxylation is 1. The van der Waals surface area contributed by atoms with Crippen LogP contribution in [0.25, 0.3) is 11.1 Å². The van der Waals surface area contributed by atoms with Gasteiger partial charge in [0, 0.05) is 32.2 Å². The van der Waals surface area contributed by atoms with Crippen molar-refractivity contribution >= 4 is 12.0 Å². The molecule has 3 aromatic rings. The third-order valence-electron chi connectivity index (χ3n) is 7.39. The van der Waals surface area contributed by atoms with Crippen molar-refractivity contribution < 1.29 is 14.3 Å². The Morgan fingerprint density at radius 2 is 1.64 bits per heavy atom. The summed E-state index contributed by atoms with van der Waals surface area (Å²) in [6.07, 6.45) is 5.90. The Balaban J connectivity index is 1.22. The number of nitrogens with zero attached hydrogens (tertiary/aromatic N) is 2. The number of fused-ring (bicyclic) bond motifs is 1. The summed E-state index contributed by atoms with van der Waals surface area (Å²) in [4.78, 5) is 28.6. The van der Waals surface area contributed by atoms with E-state index in [2.05, 4.69) is 35.3 Å². The van der Waals surface area contributed by atoms with Crippen molar-refractivity contribution in [3.05, 3.63) is 89.5 Å². The number of rotatable bonds is 11. The third kappa shape index (κ3) is 7.93. The van der Waals surface area contributed by atoms with Crippen LogP contribution in [0.3, 0.4) is 0 Å². The Bertz CT molecular complexity index is 1220. The molecule has 2 amide bonds. The van der Waals surface area contributed by atoms with Gasteiger partial charge in [0.2, 0.25) is 0 Å². The van der Waals surface area contributed by atoms with E-state index in [4.69, 9.17) is 4.74 Å². The lowest BCUT2D eigenvalue weighted by atomic mass is 9.87. The first-order valence-corrected chi connectivity index (χ1v) is 14.1. The molecule has 6 nitrogen and oxygen atoms in total. The van der Waals surface area contributed by atoms with Crippen molar-refractivity contribution in [1.29, 1.82) is 0 Å². The van der Waals surface area contributed by atoms with Gasteiger partial charge in [-0.05, 0) is 98.1 Å². The molecule has 0 heterocycles. The highest BCUT2D eigenvalue weighted by Crippen LogP contribution is 2.28. The molecule has 0 fully saturated rings. The highest BCUT2D eigenvalue weighted by Gasteiger charge is 2.24. The molecule has 1 N–H and O–H groups in total. The zero-order chi connectivity index (χ0) is 27.6. The molecule has 0 bridgehead atoms. The predicted molar refractivity (Wildman–Crippen MR) is 157 cm³/mol. The second-order valence-electron chi connectivity index (χ2n) is 10.5. The van der Waals surface area contributed by atoms with E-state index in [-0.39, 0.29) is 12.0 Å². The Labute approximate surface area is 233 Å². The standard InChI is InChI=1S/C33H41N3O3/c1-4-21-36(30-18-16-29-24-31(19-17-28(29)23-30)39-33(38)35(2)3)22-9-8-20-34-32(37)27-14-12-26(13-15-27)25-10-6-5-7-11-25/h5-7,10-15,17,19,24,30H,4,8-9,16,18,20-23H2,1-3H3,(H,34,37)/t30-/m1/s1. The Hall–Kier alpha value is -3.64. The predicted octanol–water partition coefficient (Wildman–Crippen LogP) is 6.19. The molecule has 0 saturated carbocycles. The van der Waals surface area contributed by atoms with Crippen LogP contribution in [0, 0.1) is 0 Å². The van der Waals surface area contributed by atoms with E-state index in [0.29, 0.717) is 23.9 Å². The monoisotopic (exact) mass is 527 g/mol. The van der Waals surface area contributed by atoms with E-state index in [9.17, 15) is 9.59 Å². The van der Waals surface area contributed by atoms with Gasteiger partial charge in [-0.3, -0.25) is 4.79 Å². The normalized spacial score (nSPS) is 14.5. The lowest BCUT2D eigenvalue weighted by Crippen LogP contribution is -2.40. The summed E-state index contributed by atoms with van der Waals surface area (Å²) < 4.78 is 5.45. The molecule has 0 aromatic heterocycles. The summed E-state index contributed by atoms with van der Waals surface area (Å²) >= 11 is 0. The maximum absolute atomic E-state index is 12.6. The summed E-state index contributed by atoms with van der Waals surface area (Å²) in [5.41, 5.74) is 5.59. The second kappa shape index (κ2) is 13.9. The summed E-state index contributed by atoms with van der Waals surface area (Å²) in [6.45, 7) is 5.03. The minimum absolute atomic E-state index is 0.0143. The highest BCUT2D eigenvalue weighted by molar-refractivity contribution is 5.94. The van der Waals surface area contributed by atoms with Gasteiger partial charge >= 0.3 is 6.09 Å². The number of ether oxygens (including phenoxy) is 1. The van der Waals surface area contributed by atoms with Gasteiger partial charge in [-0.25, -0.2) is 4.79 Å². The average molecular weight is 528 g/mol. The molecule has 0 saturated heterocycles. The van der Waals surface area contributed by atoms with Gasteiger partial charge in [0.15, 0.2) is 0 Å². The van der Waals surface area contributed by atoms with Crippen molar-refractivity contribution in [3.63, 3.8) is 0 Å². The van der Waals surface area contributed by atoms with Crippen LogP contribution in [0.4, 0.5) is 4.79 Å². The van der Waals surface area contributed by atoms with Gasteiger partial charge in [0.1, 0.15) is 5.75 Å². The van der Waals surface area contributed by atoms with Crippen LogP contribution in [-0.4, -0.2) is 61.6 Å². The molecule has 39 heavy (non-hydrogen) atoms. The van der Waals surface area contributed by atoms with Crippen molar-refractivity contribution in [2.75, 3.05) is 33.7 Å². The molecule has 0 spiro atoms. The lowest BCUT2D eigenvalue weighted by molar-refractivity contribution is 0.0952. The molecule has 206 valence electrons. The van der Waals surface area contributed by atoms with Gasteiger partial charge in [0.05, 0.1) is 0 Å². The summed E-state index contributed by atoms with van der Waals surface area (Å²) in [7, 11) is 3.37. The van der Waals surface area contributed by atoms with Crippen LogP contribution in [-0.2, 0) is 12.8 Å². The number of carbonyl (C=O) groups excluding carboxylic acids is 2. The van der Waals surface area contributed by atoms with Crippen molar-refractivity contribution in [3.8, 4) is 16.9 Å². The third-order valence-corrected chi connectivity index (χ3v) is 7.39. The topological polar surface area (TPSA) is 61.9 Å². The molecule has 0 unspecified atom stereocenters. The van der Waals surface area contributed by atoms with Crippen molar-refractivity contribution in [1.82, 2.24) is 15.1 Å². The zero-order valence-corrected chi connectivity index (χ0v) is 23.5. The molecule has 1 aliphatic carbocycles. The molecule has 0 aliphatic heterocycles. The van der Waals surface area contributed by atoms with Crippen LogP contribution in [0.5, 0.6) is 5.75 Å². The fourth-order valence-electron chi connectivity index (χ4n) is 5.23. The largest absolute Gasteiger partial charge is 0.414 e. The van der Waals surface area contributed by atoms with E-state index in [1.807, 2.05) is 54.6 Å². The number of unbranched alkanes of at least 4 members (excludes halogenated alkanes) is 1. The fourth-order valence-corrected chi connectivity index (χ4v) is 5.23. The maximum atomic E-state index is 12.6. The number of nitrogens with one attached hydrogen (secondary N) is 1. The van der Waals surface area contributed by atoms with Crippen LogP contribution >= 0.6 is 0 Å². The number of hydrogen-bond acceptors (Lipinski definition) is 4. The zero-order valence-electron chi connectivity index (χ0n) is 23.5. The van der Waals surface area contributed by atoms with Gasteiger partial charge < -0.3 is 19.9 Å². The average Bonchev–Trinajstić information content (AvgIpc) is 2.96.